The Balaban J connectivity index is 3.67. The van der Waals surface area contributed by atoms with E-state index in [1.165, 1.54) is 13.2 Å². The summed E-state index contributed by atoms with van der Waals surface area (Å²) in [6, 6.07) is 2.35. The molecule has 0 aliphatic rings. The molecular formula is C7H5ClINO5S. The third-order valence-corrected chi connectivity index (χ3v) is 4.51. The molecule has 0 N–H and O–H groups in total. The van der Waals surface area contributed by atoms with Gasteiger partial charge in [-0.15, -0.1) is 0 Å². The molecule has 9 heteroatoms. The van der Waals surface area contributed by atoms with Crippen molar-refractivity contribution >= 4 is 48.0 Å². The topological polar surface area (TPSA) is 86.5 Å². The van der Waals surface area contributed by atoms with Gasteiger partial charge >= 0.3 is 0 Å². The zero-order valence-corrected chi connectivity index (χ0v) is 11.5. The van der Waals surface area contributed by atoms with Gasteiger partial charge in [-0.1, -0.05) is 0 Å². The molecular weight excluding hydrogens is 373 g/mol. The maximum Gasteiger partial charge on any atom is 0.284 e. The highest BCUT2D eigenvalue weighted by atomic mass is 127. The predicted molar refractivity (Wildman–Crippen MR) is 65.4 cm³/mol. The molecule has 0 fully saturated rings. The molecule has 0 heterocycles. The van der Waals surface area contributed by atoms with E-state index in [1.54, 1.807) is 22.6 Å². The van der Waals surface area contributed by atoms with Crippen LogP contribution in [-0.4, -0.2) is 20.5 Å². The third-order valence-electron chi connectivity index (χ3n) is 1.70. The van der Waals surface area contributed by atoms with Crippen LogP contribution in [0.15, 0.2) is 17.0 Å². The van der Waals surface area contributed by atoms with Crippen LogP contribution in [0.3, 0.4) is 0 Å². The Bertz CT molecular complexity index is 544. The zero-order chi connectivity index (χ0) is 12.5. The molecule has 0 aromatic heterocycles. The largest absolute Gasteiger partial charge is 0.495 e. The molecule has 0 amide bonds. The van der Waals surface area contributed by atoms with E-state index in [4.69, 9.17) is 15.4 Å². The average Bonchev–Trinajstić information content (AvgIpc) is 2.14. The molecule has 0 aliphatic carbocycles. The van der Waals surface area contributed by atoms with Crippen molar-refractivity contribution in [2.45, 2.75) is 4.90 Å². The van der Waals surface area contributed by atoms with E-state index >= 15 is 0 Å². The molecule has 0 saturated heterocycles. The van der Waals surface area contributed by atoms with E-state index in [1.807, 2.05) is 0 Å². The van der Waals surface area contributed by atoms with Crippen molar-refractivity contribution in [3.05, 3.63) is 25.8 Å². The van der Waals surface area contributed by atoms with E-state index in [-0.39, 0.29) is 19.9 Å². The highest BCUT2D eigenvalue weighted by molar-refractivity contribution is 14.1. The van der Waals surface area contributed by atoms with E-state index < -0.39 is 14.0 Å². The fourth-order valence-corrected chi connectivity index (χ4v) is 4.13. The van der Waals surface area contributed by atoms with Crippen molar-refractivity contribution in [3.8, 4) is 5.75 Å². The molecule has 1 aromatic carbocycles. The van der Waals surface area contributed by atoms with Crippen molar-refractivity contribution in [1.29, 1.82) is 0 Å². The summed E-state index contributed by atoms with van der Waals surface area (Å²) in [5.41, 5.74) is -0.333. The van der Waals surface area contributed by atoms with Crippen molar-refractivity contribution in [3.63, 3.8) is 0 Å². The summed E-state index contributed by atoms with van der Waals surface area (Å²) < 4.78 is 27.3. The maximum absolute atomic E-state index is 11.3. The Labute approximate surface area is 109 Å². The Morgan fingerprint density at radius 2 is 2.06 bits per heavy atom. The quantitative estimate of drug-likeness (QED) is 0.349. The van der Waals surface area contributed by atoms with E-state index in [9.17, 15) is 18.5 Å². The smallest absolute Gasteiger partial charge is 0.284 e. The second-order valence-corrected chi connectivity index (χ2v) is 6.21. The normalized spacial score (nSPS) is 11.2. The van der Waals surface area contributed by atoms with Gasteiger partial charge in [0.1, 0.15) is 14.2 Å². The van der Waals surface area contributed by atoms with Gasteiger partial charge in [0.2, 0.25) is 0 Å². The minimum atomic E-state index is -4.10. The average molecular weight is 378 g/mol. The summed E-state index contributed by atoms with van der Waals surface area (Å²) in [6.07, 6.45) is 0. The lowest BCUT2D eigenvalue weighted by Crippen LogP contribution is -2.02. The monoisotopic (exact) mass is 377 g/mol. The summed E-state index contributed by atoms with van der Waals surface area (Å²) in [7, 11) is 2.35. The number of hydrogen-bond donors (Lipinski definition) is 0. The number of halogens is 2. The van der Waals surface area contributed by atoms with Gasteiger partial charge in [0.25, 0.3) is 14.7 Å². The molecule has 0 bridgehead atoms. The van der Waals surface area contributed by atoms with Gasteiger partial charge in [-0.2, -0.15) is 0 Å². The Kier molecular flexibility index (Phi) is 3.97. The standard InChI is InChI=1S/C7H5ClINO5S/c1-15-5-3-2-4(10(11)12)6(9)7(5)16(8,13)14/h2-3H,1H3. The lowest BCUT2D eigenvalue weighted by molar-refractivity contribution is -0.386. The van der Waals surface area contributed by atoms with Crippen molar-refractivity contribution in [2.24, 2.45) is 0 Å². The minimum absolute atomic E-state index is 0.0231. The lowest BCUT2D eigenvalue weighted by Gasteiger charge is -2.07. The molecule has 0 saturated carbocycles. The van der Waals surface area contributed by atoms with Gasteiger partial charge in [-0.05, 0) is 28.7 Å². The van der Waals surface area contributed by atoms with Crippen LogP contribution in [0.4, 0.5) is 5.69 Å². The molecule has 0 radical (unpaired) electrons. The fourth-order valence-electron chi connectivity index (χ4n) is 1.06. The van der Waals surface area contributed by atoms with Crippen LogP contribution in [0.25, 0.3) is 0 Å². The van der Waals surface area contributed by atoms with E-state index in [0.717, 1.165) is 6.07 Å². The number of rotatable bonds is 3. The number of nitro groups is 1. The third kappa shape index (κ3) is 2.55. The van der Waals surface area contributed by atoms with E-state index in [0.29, 0.717) is 0 Å². The molecule has 0 aliphatic heterocycles. The second-order valence-electron chi connectivity index (χ2n) is 2.63. The van der Waals surface area contributed by atoms with Gasteiger partial charge in [0.15, 0.2) is 0 Å². The molecule has 0 spiro atoms. The first-order valence-electron chi connectivity index (χ1n) is 3.74. The Hall–Kier alpha value is -0.610. The number of nitrogens with zero attached hydrogens (tertiary/aromatic N) is 1. The van der Waals surface area contributed by atoms with Gasteiger partial charge in [0.05, 0.1) is 12.0 Å². The van der Waals surface area contributed by atoms with Crippen LogP contribution in [0.1, 0.15) is 0 Å². The number of hydrogen-bond acceptors (Lipinski definition) is 5. The number of ether oxygens (including phenoxy) is 1. The van der Waals surface area contributed by atoms with Crippen molar-refractivity contribution in [1.82, 2.24) is 0 Å². The first-order valence-corrected chi connectivity index (χ1v) is 7.13. The van der Waals surface area contributed by atoms with Gasteiger partial charge in [0, 0.05) is 16.7 Å². The van der Waals surface area contributed by atoms with Crippen molar-refractivity contribution < 1.29 is 18.1 Å². The first kappa shape index (κ1) is 13.5. The SMILES string of the molecule is COc1ccc([N+](=O)[O-])c(I)c1S(=O)(=O)Cl. The highest BCUT2D eigenvalue weighted by Gasteiger charge is 2.27. The molecule has 88 valence electrons. The summed E-state index contributed by atoms with van der Waals surface area (Å²) in [6.45, 7) is 0. The second kappa shape index (κ2) is 4.72. The molecule has 0 atom stereocenters. The summed E-state index contributed by atoms with van der Waals surface area (Å²) in [5, 5.41) is 10.6. The highest BCUT2D eigenvalue weighted by Crippen LogP contribution is 2.36. The predicted octanol–water partition coefficient (Wildman–Crippen LogP) is 2.14. The van der Waals surface area contributed by atoms with Crippen LogP contribution in [0.2, 0.25) is 0 Å². The Morgan fingerprint density at radius 3 is 2.44 bits per heavy atom. The zero-order valence-electron chi connectivity index (χ0n) is 7.81. The summed E-state index contributed by atoms with van der Waals surface area (Å²) in [5.74, 6) is -0.0231. The molecule has 1 aromatic rings. The van der Waals surface area contributed by atoms with Gasteiger partial charge in [-0.3, -0.25) is 10.1 Å². The van der Waals surface area contributed by atoms with Crippen LogP contribution < -0.4 is 4.74 Å². The number of nitro benzene ring substituents is 1. The summed E-state index contributed by atoms with van der Waals surface area (Å²) >= 11 is 1.55. The van der Waals surface area contributed by atoms with Gasteiger partial charge < -0.3 is 4.74 Å². The molecule has 1 rings (SSSR count). The van der Waals surface area contributed by atoms with E-state index in [2.05, 4.69) is 0 Å². The van der Waals surface area contributed by atoms with Crippen LogP contribution >= 0.6 is 33.3 Å². The van der Waals surface area contributed by atoms with Crippen LogP contribution in [0, 0.1) is 13.7 Å². The maximum atomic E-state index is 11.3. The van der Waals surface area contributed by atoms with Crippen LogP contribution in [-0.2, 0) is 9.05 Å². The summed E-state index contributed by atoms with van der Waals surface area (Å²) in [4.78, 5) is 9.55. The number of methoxy groups -OCH3 is 1. The van der Waals surface area contributed by atoms with Gasteiger partial charge in [-0.25, -0.2) is 8.42 Å². The fraction of sp³-hybridized carbons (Fsp3) is 0.143. The first-order chi connectivity index (χ1) is 7.29. The molecule has 6 nitrogen and oxygen atoms in total. The molecule has 16 heavy (non-hydrogen) atoms. The lowest BCUT2D eigenvalue weighted by atomic mass is 10.3. The Morgan fingerprint density at radius 1 is 1.50 bits per heavy atom. The number of benzene rings is 1. The van der Waals surface area contributed by atoms with Crippen LogP contribution in [0.5, 0.6) is 5.75 Å². The minimum Gasteiger partial charge on any atom is -0.495 e. The van der Waals surface area contributed by atoms with Crippen molar-refractivity contribution in [2.75, 3.05) is 7.11 Å². The molecule has 0 unspecified atom stereocenters.